The molecule has 1 amide bonds. The van der Waals surface area contributed by atoms with Crippen molar-refractivity contribution in [1.82, 2.24) is 10.3 Å². The van der Waals surface area contributed by atoms with E-state index in [0.717, 1.165) is 29.5 Å². The molecule has 1 aliphatic rings. The zero-order valence-electron chi connectivity index (χ0n) is 17.4. The highest BCUT2D eigenvalue weighted by atomic mass is 32.1. The number of fused-ring (bicyclic) bond motifs is 2. The largest absolute Gasteiger partial charge is 0.397 e. The predicted molar refractivity (Wildman–Crippen MR) is 121 cm³/mol. The minimum absolute atomic E-state index is 0.105. The number of nitrogens with zero attached hydrogens (tertiary/aromatic N) is 1. The summed E-state index contributed by atoms with van der Waals surface area (Å²) in [6.45, 7) is 7.52. The molecule has 2 aromatic heterocycles. The number of nitrogen functional groups attached to an aromatic ring is 1. The number of nitrogens with two attached hydrogens (primary N) is 1. The lowest BCUT2D eigenvalue weighted by Gasteiger charge is -2.34. The number of hydrogen-bond acceptors (Lipinski definition) is 4. The van der Waals surface area contributed by atoms with Gasteiger partial charge in [-0.25, -0.2) is 4.98 Å². The van der Waals surface area contributed by atoms with E-state index < -0.39 is 0 Å². The average Bonchev–Trinajstić information content (AvgIpc) is 3.02. The van der Waals surface area contributed by atoms with E-state index in [2.05, 4.69) is 44.3 Å². The lowest BCUT2D eigenvalue weighted by molar-refractivity contribution is 0.0959. The molecular formula is C24H29N3OS. The number of nitrogens with one attached hydrogen (secondary N) is 1. The van der Waals surface area contributed by atoms with Crippen LogP contribution >= 0.6 is 11.3 Å². The van der Waals surface area contributed by atoms with Gasteiger partial charge in [-0.05, 0) is 54.2 Å². The molecule has 0 radical (unpaired) electrons. The van der Waals surface area contributed by atoms with Crippen LogP contribution in [0.5, 0.6) is 0 Å². The van der Waals surface area contributed by atoms with Gasteiger partial charge in [-0.15, -0.1) is 11.3 Å². The second-order valence-corrected chi connectivity index (χ2v) is 10.1. The first-order chi connectivity index (χ1) is 13.8. The first kappa shape index (κ1) is 19.9. The van der Waals surface area contributed by atoms with Crippen molar-refractivity contribution in [1.29, 1.82) is 0 Å². The van der Waals surface area contributed by atoms with Crippen LogP contribution in [0.4, 0.5) is 5.69 Å². The van der Waals surface area contributed by atoms with E-state index in [1.54, 1.807) is 0 Å². The molecule has 29 heavy (non-hydrogen) atoms. The van der Waals surface area contributed by atoms with E-state index in [4.69, 9.17) is 10.7 Å². The van der Waals surface area contributed by atoms with Gasteiger partial charge in [-0.2, -0.15) is 0 Å². The Kier molecular flexibility index (Phi) is 5.34. The molecule has 0 spiro atoms. The second-order valence-electron chi connectivity index (χ2n) is 9.09. The fourth-order valence-corrected chi connectivity index (χ4v) is 5.16. The van der Waals surface area contributed by atoms with Crippen molar-refractivity contribution in [3.8, 4) is 0 Å². The minimum Gasteiger partial charge on any atom is -0.397 e. The van der Waals surface area contributed by atoms with Crippen molar-refractivity contribution >= 4 is 33.1 Å². The van der Waals surface area contributed by atoms with Crippen molar-refractivity contribution in [2.75, 3.05) is 12.3 Å². The quantitative estimate of drug-likeness (QED) is 0.639. The molecule has 1 aliphatic carbocycles. The molecule has 152 valence electrons. The Morgan fingerprint density at radius 1 is 1.28 bits per heavy atom. The summed E-state index contributed by atoms with van der Waals surface area (Å²) < 4.78 is 0. The van der Waals surface area contributed by atoms with Crippen molar-refractivity contribution < 1.29 is 4.79 Å². The molecule has 4 rings (SSSR count). The van der Waals surface area contributed by atoms with Crippen LogP contribution in [0.3, 0.4) is 0 Å². The number of anilines is 1. The predicted octanol–water partition coefficient (Wildman–Crippen LogP) is 5.00. The maximum Gasteiger partial charge on any atom is 0.263 e. The van der Waals surface area contributed by atoms with Crippen LogP contribution in [0.2, 0.25) is 0 Å². The fourth-order valence-electron chi connectivity index (χ4n) is 4.14. The number of aromatic nitrogens is 1. The highest BCUT2D eigenvalue weighted by Gasteiger charge is 2.30. The molecule has 0 saturated heterocycles. The molecule has 3 aromatic rings. The van der Waals surface area contributed by atoms with Gasteiger partial charge in [0.2, 0.25) is 0 Å². The summed E-state index contributed by atoms with van der Waals surface area (Å²) in [6, 6.07) is 12.3. The number of thiophene rings is 1. The molecule has 1 atom stereocenters. The molecule has 4 nitrogen and oxygen atoms in total. The number of benzene rings is 1. The van der Waals surface area contributed by atoms with Gasteiger partial charge < -0.3 is 11.1 Å². The van der Waals surface area contributed by atoms with Crippen LogP contribution in [0, 0.1) is 11.3 Å². The van der Waals surface area contributed by atoms with Gasteiger partial charge in [0.1, 0.15) is 9.71 Å². The smallest absolute Gasteiger partial charge is 0.263 e. The molecule has 1 aromatic carbocycles. The SMILES string of the molecule is CC(C)(C)C1CCc2nc3sc(C(=O)NCCc4ccccc4)c(N)c3cc2C1. The molecule has 0 fully saturated rings. The van der Waals surface area contributed by atoms with Crippen molar-refractivity contribution in [2.24, 2.45) is 11.3 Å². The number of rotatable bonds is 4. The number of carbonyl (C=O) groups is 1. The monoisotopic (exact) mass is 407 g/mol. The van der Waals surface area contributed by atoms with E-state index >= 15 is 0 Å². The van der Waals surface area contributed by atoms with E-state index in [1.165, 1.54) is 34.6 Å². The summed E-state index contributed by atoms with van der Waals surface area (Å²) in [6.07, 6.45) is 4.01. The van der Waals surface area contributed by atoms with Gasteiger partial charge in [0.05, 0.1) is 5.69 Å². The minimum atomic E-state index is -0.105. The zero-order chi connectivity index (χ0) is 20.6. The standard InChI is InChI=1S/C24H29N3OS/c1-24(2,3)17-9-10-19-16(13-17)14-18-20(25)21(29-23(18)27-19)22(28)26-12-11-15-7-5-4-6-8-15/h4-8,14,17H,9-13,25H2,1-3H3,(H,26,28). The highest BCUT2D eigenvalue weighted by molar-refractivity contribution is 7.21. The van der Waals surface area contributed by atoms with Crippen LogP contribution in [-0.2, 0) is 19.3 Å². The Bertz CT molecular complexity index is 1030. The van der Waals surface area contributed by atoms with Gasteiger partial charge in [0, 0.05) is 17.6 Å². The molecule has 0 bridgehead atoms. The Hall–Kier alpha value is -2.40. The average molecular weight is 408 g/mol. The van der Waals surface area contributed by atoms with Crippen molar-refractivity contribution in [3.05, 3.63) is 58.1 Å². The van der Waals surface area contributed by atoms with Crippen LogP contribution in [0.1, 0.15) is 53.7 Å². The lowest BCUT2D eigenvalue weighted by atomic mass is 9.71. The molecular weight excluding hydrogens is 378 g/mol. The molecule has 1 unspecified atom stereocenters. The Balaban J connectivity index is 1.52. The van der Waals surface area contributed by atoms with E-state index in [9.17, 15) is 4.79 Å². The molecule has 3 N–H and O–H groups in total. The Labute approximate surface area is 176 Å². The first-order valence-electron chi connectivity index (χ1n) is 10.4. The molecule has 0 saturated carbocycles. The van der Waals surface area contributed by atoms with Gasteiger partial charge in [0.15, 0.2) is 0 Å². The summed E-state index contributed by atoms with van der Waals surface area (Å²) in [5.41, 5.74) is 10.9. The molecule has 2 heterocycles. The summed E-state index contributed by atoms with van der Waals surface area (Å²) in [5.74, 6) is 0.543. The Morgan fingerprint density at radius 3 is 2.76 bits per heavy atom. The van der Waals surface area contributed by atoms with Gasteiger partial charge in [0.25, 0.3) is 5.91 Å². The third-order valence-electron chi connectivity index (χ3n) is 6.06. The maximum atomic E-state index is 12.7. The van der Waals surface area contributed by atoms with Gasteiger partial charge in [-0.3, -0.25) is 4.79 Å². The van der Waals surface area contributed by atoms with Crippen LogP contribution in [0.15, 0.2) is 36.4 Å². The third kappa shape index (κ3) is 4.15. The summed E-state index contributed by atoms with van der Waals surface area (Å²) in [4.78, 5) is 19.1. The zero-order valence-corrected chi connectivity index (χ0v) is 18.2. The van der Waals surface area contributed by atoms with Gasteiger partial charge in [-0.1, -0.05) is 51.1 Å². The molecule has 0 aliphatic heterocycles. The molecule has 5 heteroatoms. The normalized spacial score (nSPS) is 16.6. The summed E-state index contributed by atoms with van der Waals surface area (Å²) in [7, 11) is 0. The lowest BCUT2D eigenvalue weighted by Crippen LogP contribution is -2.27. The number of pyridine rings is 1. The number of amides is 1. The summed E-state index contributed by atoms with van der Waals surface area (Å²) in [5, 5.41) is 3.94. The number of aryl methyl sites for hydroxylation is 1. The maximum absolute atomic E-state index is 12.7. The van der Waals surface area contributed by atoms with Gasteiger partial charge >= 0.3 is 0 Å². The topological polar surface area (TPSA) is 68.0 Å². The number of carbonyl (C=O) groups excluding carboxylic acids is 1. The highest BCUT2D eigenvalue weighted by Crippen LogP contribution is 2.40. The van der Waals surface area contributed by atoms with Crippen LogP contribution in [-0.4, -0.2) is 17.4 Å². The Morgan fingerprint density at radius 2 is 2.03 bits per heavy atom. The fraction of sp³-hybridized carbons (Fsp3) is 0.417. The van der Waals surface area contributed by atoms with E-state index in [1.807, 2.05) is 18.2 Å². The summed E-state index contributed by atoms with van der Waals surface area (Å²) >= 11 is 1.41. The van der Waals surface area contributed by atoms with Crippen LogP contribution in [0.25, 0.3) is 10.2 Å². The second kappa shape index (κ2) is 7.79. The third-order valence-corrected chi connectivity index (χ3v) is 7.17. The van der Waals surface area contributed by atoms with Crippen LogP contribution < -0.4 is 11.1 Å². The van der Waals surface area contributed by atoms with Crippen molar-refractivity contribution in [3.63, 3.8) is 0 Å². The number of hydrogen-bond donors (Lipinski definition) is 2. The van der Waals surface area contributed by atoms with E-state index in [0.29, 0.717) is 23.0 Å². The van der Waals surface area contributed by atoms with E-state index in [-0.39, 0.29) is 11.3 Å². The van der Waals surface area contributed by atoms with Crippen molar-refractivity contribution in [2.45, 2.75) is 46.5 Å². The first-order valence-corrected chi connectivity index (χ1v) is 11.2.